The van der Waals surface area contributed by atoms with Crippen LogP contribution >= 0.6 is 11.6 Å². The molecule has 0 aliphatic carbocycles. The summed E-state index contributed by atoms with van der Waals surface area (Å²) in [6, 6.07) is 1.99. The van der Waals surface area contributed by atoms with E-state index in [1.54, 1.807) is 6.20 Å². The van der Waals surface area contributed by atoms with E-state index in [1.165, 1.54) is 0 Å². The van der Waals surface area contributed by atoms with E-state index in [1.807, 2.05) is 26.1 Å². The maximum atomic E-state index is 6.43. The third-order valence-electron chi connectivity index (χ3n) is 2.62. The molecule has 0 N–H and O–H groups in total. The van der Waals surface area contributed by atoms with Gasteiger partial charge in [0, 0.05) is 6.20 Å². The van der Waals surface area contributed by atoms with Gasteiger partial charge in [-0.25, -0.2) is 0 Å². The van der Waals surface area contributed by atoms with Gasteiger partial charge in [0.2, 0.25) is 0 Å². The van der Waals surface area contributed by atoms with Crippen LogP contribution in [-0.4, -0.2) is 11.1 Å². The molecule has 0 spiro atoms. The number of pyridine rings is 1. The number of nitrogens with zero attached hydrogens (tertiary/aromatic N) is 1. The summed E-state index contributed by atoms with van der Waals surface area (Å²) < 4.78 is 5.63. The van der Waals surface area contributed by atoms with Crippen LogP contribution in [0.3, 0.4) is 0 Å². The molecule has 2 nitrogen and oxygen atoms in total. The fourth-order valence-corrected chi connectivity index (χ4v) is 1.90. The summed E-state index contributed by atoms with van der Waals surface area (Å²) in [5.74, 6) is 0.795. The van der Waals surface area contributed by atoms with Gasteiger partial charge in [0.25, 0.3) is 0 Å². The quantitative estimate of drug-likeness (QED) is 0.704. The molecule has 1 aromatic rings. The van der Waals surface area contributed by atoms with Crippen LogP contribution in [0.4, 0.5) is 0 Å². The highest BCUT2D eigenvalue weighted by atomic mass is 35.5. The number of ether oxygens (including phenoxy) is 1. The van der Waals surface area contributed by atoms with Gasteiger partial charge in [0.05, 0.1) is 17.7 Å². The van der Waals surface area contributed by atoms with Gasteiger partial charge in [-0.05, 0) is 43.7 Å². The number of hydrogen-bond acceptors (Lipinski definition) is 2. The van der Waals surface area contributed by atoms with E-state index >= 15 is 0 Å². The average Bonchev–Trinajstić information content (AvgIpc) is 2.24. The molecule has 0 fully saturated rings. The molecular formula is C15H24ClNO. The molecule has 1 aromatic heterocycles. The Labute approximate surface area is 116 Å². The van der Waals surface area contributed by atoms with Crippen molar-refractivity contribution in [3.05, 3.63) is 24.0 Å². The lowest BCUT2D eigenvalue weighted by Crippen LogP contribution is -2.08. The minimum Gasteiger partial charge on any atom is -0.489 e. The van der Waals surface area contributed by atoms with E-state index in [0.29, 0.717) is 5.41 Å². The Morgan fingerprint density at radius 2 is 1.94 bits per heavy atom. The zero-order valence-electron chi connectivity index (χ0n) is 12.0. The van der Waals surface area contributed by atoms with Crippen molar-refractivity contribution in [1.29, 1.82) is 0 Å². The van der Waals surface area contributed by atoms with Crippen molar-refractivity contribution in [2.75, 3.05) is 0 Å². The average molecular weight is 270 g/mol. The van der Waals surface area contributed by atoms with Crippen LogP contribution in [-0.2, 0) is 0 Å². The van der Waals surface area contributed by atoms with Crippen LogP contribution in [0.1, 0.15) is 58.4 Å². The van der Waals surface area contributed by atoms with Crippen molar-refractivity contribution in [2.24, 2.45) is 5.41 Å². The van der Waals surface area contributed by atoms with E-state index in [-0.39, 0.29) is 11.5 Å². The molecule has 102 valence electrons. The van der Waals surface area contributed by atoms with Gasteiger partial charge >= 0.3 is 0 Å². The molecular weight excluding hydrogens is 246 g/mol. The van der Waals surface area contributed by atoms with Gasteiger partial charge in [-0.1, -0.05) is 20.8 Å². The molecule has 1 unspecified atom stereocenters. The van der Waals surface area contributed by atoms with Crippen molar-refractivity contribution in [1.82, 2.24) is 4.98 Å². The highest BCUT2D eigenvalue weighted by Gasteiger charge is 2.15. The molecule has 18 heavy (non-hydrogen) atoms. The van der Waals surface area contributed by atoms with Crippen molar-refractivity contribution in [3.63, 3.8) is 0 Å². The van der Waals surface area contributed by atoms with Gasteiger partial charge in [-0.2, -0.15) is 0 Å². The molecule has 0 aliphatic rings. The Morgan fingerprint density at radius 1 is 1.28 bits per heavy atom. The largest absolute Gasteiger partial charge is 0.489 e. The highest BCUT2D eigenvalue weighted by Crippen LogP contribution is 2.32. The van der Waals surface area contributed by atoms with Crippen molar-refractivity contribution in [2.45, 2.75) is 58.9 Å². The Balaban J connectivity index is 2.65. The number of alkyl halides is 1. The monoisotopic (exact) mass is 269 g/mol. The Hall–Kier alpha value is -0.760. The molecule has 0 amide bonds. The van der Waals surface area contributed by atoms with E-state index in [4.69, 9.17) is 16.3 Å². The standard InChI is InChI=1S/C15H24ClNO/c1-11(2)18-13-8-12(9-17-10-13)14(16)6-7-15(3,4)5/h8-11,14H,6-7H2,1-5H3. The first kappa shape index (κ1) is 15.3. The summed E-state index contributed by atoms with van der Waals surface area (Å²) >= 11 is 6.43. The van der Waals surface area contributed by atoms with Gasteiger partial charge in [-0.3, -0.25) is 4.98 Å². The van der Waals surface area contributed by atoms with Crippen molar-refractivity contribution in [3.8, 4) is 5.75 Å². The molecule has 0 saturated carbocycles. The number of halogens is 1. The van der Waals surface area contributed by atoms with E-state index in [0.717, 1.165) is 24.2 Å². The van der Waals surface area contributed by atoms with E-state index in [9.17, 15) is 0 Å². The predicted molar refractivity (Wildman–Crippen MR) is 77.3 cm³/mol. The third-order valence-corrected chi connectivity index (χ3v) is 3.09. The summed E-state index contributed by atoms with van der Waals surface area (Å²) in [6.45, 7) is 10.7. The smallest absolute Gasteiger partial charge is 0.138 e. The topological polar surface area (TPSA) is 22.1 Å². The SMILES string of the molecule is CC(C)Oc1cncc(C(Cl)CCC(C)(C)C)c1. The second kappa shape index (κ2) is 6.42. The van der Waals surface area contributed by atoms with E-state index < -0.39 is 0 Å². The molecule has 0 saturated heterocycles. The fraction of sp³-hybridized carbons (Fsp3) is 0.667. The third kappa shape index (κ3) is 5.72. The lowest BCUT2D eigenvalue weighted by Gasteiger charge is -2.20. The lowest BCUT2D eigenvalue weighted by atomic mass is 9.89. The Bertz CT molecular complexity index is 371. The summed E-state index contributed by atoms with van der Waals surface area (Å²) in [7, 11) is 0. The van der Waals surface area contributed by atoms with Crippen LogP contribution in [0, 0.1) is 5.41 Å². The van der Waals surface area contributed by atoms with Crippen LogP contribution in [0.2, 0.25) is 0 Å². The maximum absolute atomic E-state index is 6.43. The molecule has 3 heteroatoms. The summed E-state index contributed by atoms with van der Waals surface area (Å²) in [4.78, 5) is 4.19. The highest BCUT2D eigenvalue weighted by molar-refractivity contribution is 6.20. The number of rotatable bonds is 5. The second-order valence-electron chi connectivity index (χ2n) is 6.19. The van der Waals surface area contributed by atoms with Crippen molar-refractivity contribution >= 4 is 11.6 Å². The minimum absolute atomic E-state index is 0.00689. The Kier molecular flexibility index (Phi) is 5.46. The summed E-state index contributed by atoms with van der Waals surface area (Å²) in [5.41, 5.74) is 1.35. The molecule has 0 radical (unpaired) electrons. The van der Waals surface area contributed by atoms with Gasteiger partial charge < -0.3 is 4.74 Å². The lowest BCUT2D eigenvalue weighted by molar-refractivity contribution is 0.241. The van der Waals surface area contributed by atoms with Crippen LogP contribution in [0.25, 0.3) is 0 Å². The molecule has 1 atom stereocenters. The predicted octanol–water partition coefficient (Wildman–Crippen LogP) is 4.98. The van der Waals surface area contributed by atoms with Gasteiger partial charge in [0.15, 0.2) is 0 Å². The van der Waals surface area contributed by atoms with Gasteiger partial charge in [-0.15, -0.1) is 11.6 Å². The van der Waals surface area contributed by atoms with E-state index in [2.05, 4.69) is 25.8 Å². The molecule has 0 aliphatic heterocycles. The Morgan fingerprint density at radius 3 is 2.50 bits per heavy atom. The first-order valence-corrected chi connectivity index (χ1v) is 6.97. The second-order valence-corrected chi connectivity index (χ2v) is 6.71. The number of hydrogen-bond donors (Lipinski definition) is 0. The first-order chi connectivity index (χ1) is 8.28. The fourth-order valence-electron chi connectivity index (χ4n) is 1.67. The van der Waals surface area contributed by atoms with Gasteiger partial charge in [0.1, 0.15) is 5.75 Å². The first-order valence-electron chi connectivity index (χ1n) is 6.53. The van der Waals surface area contributed by atoms with Crippen LogP contribution in [0.15, 0.2) is 18.5 Å². The normalized spacial score (nSPS) is 13.7. The summed E-state index contributed by atoms with van der Waals surface area (Å²) in [5, 5.41) is 0.00689. The number of aromatic nitrogens is 1. The van der Waals surface area contributed by atoms with Crippen LogP contribution < -0.4 is 4.74 Å². The zero-order chi connectivity index (χ0) is 13.8. The summed E-state index contributed by atoms with van der Waals surface area (Å²) in [6.07, 6.45) is 5.77. The molecule has 0 aromatic carbocycles. The molecule has 0 bridgehead atoms. The molecule has 1 heterocycles. The minimum atomic E-state index is 0.00689. The molecule has 1 rings (SSSR count). The van der Waals surface area contributed by atoms with Crippen LogP contribution in [0.5, 0.6) is 5.75 Å². The zero-order valence-corrected chi connectivity index (χ0v) is 12.8. The maximum Gasteiger partial charge on any atom is 0.138 e. The van der Waals surface area contributed by atoms with Crippen molar-refractivity contribution < 1.29 is 4.74 Å².